The summed E-state index contributed by atoms with van der Waals surface area (Å²) in [5.41, 5.74) is 1.03. The molecule has 3 aromatic rings. The third kappa shape index (κ3) is 4.10. The molecule has 7 heteroatoms. The Kier molecular flexibility index (Phi) is 5.34. The van der Waals surface area contributed by atoms with Gasteiger partial charge in [0, 0.05) is 23.4 Å². The Labute approximate surface area is 152 Å². The van der Waals surface area contributed by atoms with Gasteiger partial charge in [0.15, 0.2) is 11.8 Å². The molecule has 0 aliphatic heterocycles. The topological polar surface area (TPSA) is 63.0 Å². The van der Waals surface area contributed by atoms with Crippen LogP contribution in [0.5, 0.6) is 0 Å². The summed E-state index contributed by atoms with van der Waals surface area (Å²) in [7, 11) is 0. The minimum atomic E-state index is -1.20. The van der Waals surface area contributed by atoms with Gasteiger partial charge < -0.3 is 4.74 Å². The second-order valence-corrected chi connectivity index (χ2v) is 6.22. The van der Waals surface area contributed by atoms with Crippen LogP contribution in [0.25, 0.3) is 10.6 Å². The molecule has 2 aromatic carbocycles. The Hall–Kier alpha value is -3.11. The van der Waals surface area contributed by atoms with Crippen molar-refractivity contribution in [2.75, 3.05) is 0 Å². The fourth-order valence-electron chi connectivity index (χ4n) is 2.27. The monoisotopic (exact) mass is 370 g/mol. The van der Waals surface area contributed by atoms with Gasteiger partial charge in [-0.1, -0.05) is 36.4 Å². The number of thiazole rings is 1. The summed E-state index contributed by atoms with van der Waals surface area (Å²) in [4.78, 5) is 16.4. The zero-order valence-electron chi connectivity index (χ0n) is 13.4. The van der Waals surface area contributed by atoms with E-state index in [0.717, 1.165) is 17.7 Å². The van der Waals surface area contributed by atoms with E-state index in [1.54, 1.807) is 6.07 Å². The highest BCUT2D eigenvalue weighted by Crippen LogP contribution is 2.24. The van der Waals surface area contributed by atoms with Crippen molar-refractivity contribution in [3.63, 3.8) is 0 Å². The third-order valence-corrected chi connectivity index (χ3v) is 4.44. The summed E-state index contributed by atoms with van der Waals surface area (Å²) in [5, 5.41) is 11.4. The molecule has 3 rings (SSSR count). The van der Waals surface area contributed by atoms with Crippen LogP contribution in [0.2, 0.25) is 0 Å². The summed E-state index contributed by atoms with van der Waals surface area (Å²) in [6.07, 6.45) is -1.38. The van der Waals surface area contributed by atoms with Crippen molar-refractivity contribution in [1.29, 1.82) is 5.26 Å². The van der Waals surface area contributed by atoms with Crippen molar-refractivity contribution in [2.45, 2.75) is 12.5 Å². The van der Waals surface area contributed by atoms with E-state index in [0.29, 0.717) is 5.01 Å². The van der Waals surface area contributed by atoms with Gasteiger partial charge in [-0.2, -0.15) is 5.26 Å². The van der Waals surface area contributed by atoms with Crippen LogP contribution >= 0.6 is 11.3 Å². The number of nitriles is 1. The van der Waals surface area contributed by atoms with E-state index >= 15 is 0 Å². The maximum Gasteiger partial charge on any atom is 0.359 e. The van der Waals surface area contributed by atoms with Crippen LogP contribution in [0.15, 0.2) is 53.9 Å². The Morgan fingerprint density at radius 2 is 2.00 bits per heavy atom. The number of rotatable bonds is 5. The lowest BCUT2D eigenvalue weighted by molar-refractivity contribution is 0.0400. The fourth-order valence-corrected chi connectivity index (χ4v) is 3.07. The number of nitrogens with zero attached hydrogens (tertiary/aromatic N) is 2. The van der Waals surface area contributed by atoms with E-state index in [-0.39, 0.29) is 17.7 Å². The normalized spacial score (nSPS) is 11.6. The van der Waals surface area contributed by atoms with E-state index in [1.165, 1.54) is 22.8 Å². The first-order valence-corrected chi connectivity index (χ1v) is 8.50. The molecule has 0 aliphatic rings. The third-order valence-electron chi connectivity index (χ3n) is 3.55. The standard InChI is InChI=1S/C19H12F2N2O2S/c20-14-7-6-13(16(21)9-14)8-15(10-22)25-19(24)17-11-26-18(23-17)12-4-2-1-3-5-12/h1-7,9,11,15H,8H2. The molecule has 0 saturated carbocycles. The number of hydrogen-bond acceptors (Lipinski definition) is 5. The summed E-state index contributed by atoms with van der Waals surface area (Å²) >= 11 is 1.28. The number of ether oxygens (including phenoxy) is 1. The first-order valence-electron chi connectivity index (χ1n) is 7.62. The number of aromatic nitrogens is 1. The van der Waals surface area contributed by atoms with Crippen molar-refractivity contribution in [1.82, 2.24) is 4.98 Å². The van der Waals surface area contributed by atoms with Crippen molar-refractivity contribution in [3.05, 3.63) is 76.8 Å². The quantitative estimate of drug-likeness (QED) is 0.625. The molecule has 26 heavy (non-hydrogen) atoms. The summed E-state index contributed by atoms with van der Waals surface area (Å²) in [6, 6.07) is 14.1. The van der Waals surface area contributed by atoms with E-state index in [9.17, 15) is 18.8 Å². The second-order valence-electron chi connectivity index (χ2n) is 5.37. The zero-order chi connectivity index (χ0) is 18.5. The first kappa shape index (κ1) is 17.7. The minimum Gasteiger partial charge on any atom is -0.442 e. The fraction of sp³-hybridized carbons (Fsp3) is 0.105. The van der Waals surface area contributed by atoms with Crippen LogP contribution in [0.1, 0.15) is 16.1 Å². The number of carbonyl (C=O) groups is 1. The van der Waals surface area contributed by atoms with Crippen LogP contribution in [0, 0.1) is 23.0 Å². The summed E-state index contributed by atoms with van der Waals surface area (Å²) in [5.74, 6) is -2.27. The van der Waals surface area contributed by atoms with Crippen LogP contribution in [-0.4, -0.2) is 17.1 Å². The molecule has 0 radical (unpaired) electrons. The number of esters is 1. The number of benzene rings is 2. The molecule has 1 aromatic heterocycles. The molecule has 0 fully saturated rings. The van der Waals surface area contributed by atoms with Crippen molar-refractivity contribution in [3.8, 4) is 16.6 Å². The molecule has 0 aliphatic carbocycles. The molecule has 0 N–H and O–H groups in total. The van der Waals surface area contributed by atoms with E-state index in [2.05, 4.69) is 4.98 Å². The molecule has 1 heterocycles. The van der Waals surface area contributed by atoms with Crippen LogP contribution in [0.3, 0.4) is 0 Å². The maximum atomic E-state index is 13.7. The maximum absolute atomic E-state index is 13.7. The molecule has 1 atom stereocenters. The van der Waals surface area contributed by atoms with Crippen molar-refractivity contribution >= 4 is 17.3 Å². The lowest BCUT2D eigenvalue weighted by atomic mass is 10.1. The smallest absolute Gasteiger partial charge is 0.359 e. The Morgan fingerprint density at radius 1 is 1.23 bits per heavy atom. The van der Waals surface area contributed by atoms with E-state index in [4.69, 9.17) is 4.74 Å². The lowest BCUT2D eigenvalue weighted by Gasteiger charge is -2.10. The van der Waals surface area contributed by atoms with Gasteiger partial charge in [0.1, 0.15) is 22.7 Å². The molecule has 0 saturated heterocycles. The Morgan fingerprint density at radius 3 is 2.69 bits per heavy atom. The highest BCUT2D eigenvalue weighted by molar-refractivity contribution is 7.13. The molecule has 130 valence electrons. The van der Waals surface area contributed by atoms with Crippen molar-refractivity contribution < 1.29 is 18.3 Å². The summed E-state index contributed by atoms with van der Waals surface area (Å²) < 4.78 is 31.7. The van der Waals surface area contributed by atoms with Crippen LogP contribution in [-0.2, 0) is 11.2 Å². The van der Waals surface area contributed by atoms with Gasteiger partial charge in [0.05, 0.1) is 0 Å². The molecule has 0 spiro atoms. The SMILES string of the molecule is N#CC(Cc1ccc(F)cc1F)OC(=O)c1csc(-c2ccccc2)n1. The van der Waals surface area contributed by atoms with Crippen molar-refractivity contribution in [2.24, 2.45) is 0 Å². The van der Waals surface area contributed by atoms with Gasteiger partial charge in [0.2, 0.25) is 0 Å². The molecule has 0 amide bonds. The lowest BCUT2D eigenvalue weighted by Crippen LogP contribution is -2.20. The van der Waals surface area contributed by atoms with Crippen LogP contribution < -0.4 is 0 Å². The average Bonchev–Trinajstić information content (AvgIpc) is 3.14. The number of halogens is 2. The highest BCUT2D eigenvalue weighted by atomic mass is 32.1. The van der Waals surface area contributed by atoms with Gasteiger partial charge in [-0.25, -0.2) is 18.6 Å². The van der Waals surface area contributed by atoms with Gasteiger partial charge >= 0.3 is 5.97 Å². The zero-order valence-corrected chi connectivity index (χ0v) is 14.2. The Bertz CT molecular complexity index is 967. The van der Waals surface area contributed by atoms with Gasteiger partial charge in [-0.3, -0.25) is 0 Å². The number of carbonyl (C=O) groups excluding carboxylic acids is 1. The van der Waals surface area contributed by atoms with E-state index < -0.39 is 23.7 Å². The van der Waals surface area contributed by atoms with Crippen LogP contribution in [0.4, 0.5) is 8.78 Å². The second kappa shape index (κ2) is 7.85. The molecule has 1 unspecified atom stereocenters. The van der Waals surface area contributed by atoms with Gasteiger partial charge in [-0.05, 0) is 11.6 Å². The number of hydrogen-bond donors (Lipinski definition) is 0. The highest BCUT2D eigenvalue weighted by Gasteiger charge is 2.20. The predicted octanol–water partition coefficient (Wildman–Crippen LogP) is 4.38. The molecule has 4 nitrogen and oxygen atoms in total. The largest absolute Gasteiger partial charge is 0.442 e. The molecule has 0 bridgehead atoms. The molecular formula is C19H12F2N2O2S. The van der Waals surface area contributed by atoms with E-state index in [1.807, 2.05) is 30.3 Å². The van der Waals surface area contributed by atoms with Gasteiger partial charge in [0.25, 0.3) is 0 Å². The minimum absolute atomic E-state index is 0.0775. The molecular weight excluding hydrogens is 358 g/mol. The summed E-state index contributed by atoms with van der Waals surface area (Å²) in [6.45, 7) is 0. The first-order chi connectivity index (χ1) is 12.6. The predicted molar refractivity (Wildman–Crippen MR) is 92.4 cm³/mol. The van der Waals surface area contributed by atoms with Gasteiger partial charge in [-0.15, -0.1) is 11.3 Å². The Balaban J connectivity index is 1.70. The average molecular weight is 370 g/mol.